The number of benzene rings is 1. The summed E-state index contributed by atoms with van der Waals surface area (Å²) in [4.78, 5) is 11.0. The van der Waals surface area contributed by atoms with Gasteiger partial charge in [-0.15, -0.1) is 11.6 Å². The Morgan fingerprint density at radius 1 is 1.33 bits per heavy atom. The molecule has 0 saturated heterocycles. The number of nitrogens with zero attached hydrogens (tertiary/aromatic N) is 3. The SMILES string of the molecule is CC(C)c1ncc(N2CCc3ccc(F)cc32)c(CCl)n1. The predicted octanol–water partition coefficient (Wildman–Crippen LogP) is 4.17. The molecule has 0 radical (unpaired) electrons. The Bertz CT molecular complexity index is 673. The lowest BCUT2D eigenvalue weighted by Gasteiger charge is -2.22. The van der Waals surface area contributed by atoms with Gasteiger partial charge in [0.1, 0.15) is 11.6 Å². The summed E-state index contributed by atoms with van der Waals surface area (Å²) >= 11 is 6.05. The highest BCUT2D eigenvalue weighted by molar-refractivity contribution is 6.17. The van der Waals surface area contributed by atoms with Crippen LogP contribution in [-0.4, -0.2) is 16.5 Å². The average molecular weight is 306 g/mol. The molecule has 1 aromatic heterocycles. The summed E-state index contributed by atoms with van der Waals surface area (Å²) < 4.78 is 13.5. The maximum atomic E-state index is 13.5. The van der Waals surface area contributed by atoms with Crippen LogP contribution in [0, 0.1) is 5.82 Å². The Labute approximate surface area is 128 Å². The van der Waals surface area contributed by atoms with E-state index in [2.05, 4.69) is 14.9 Å². The second-order valence-corrected chi connectivity index (χ2v) is 5.79. The molecule has 0 N–H and O–H groups in total. The highest BCUT2D eigenvalue weighted by Crippen LogP contribution is 2.36. The molecule has 0 fully saturated rings. The summed E-state index contributed by atoms with van der Waals surface area (Å²) in [6.07, 6.45) is 2.70. The monoisotopic (exact) mass is 305 g/mol. The molecular formula is C16H17ClFN3. The van der Waals surface area contributed by atoms with Gasteiger partial charge in [-0.05, 0) is 24.1 Å². The molecule has 0 unspecified atom stereocenters. The van der Waals surface area contributed by atoms with E-state index >= 15 is 0 Å². The van der Waals surface area contributed by atoms with Crippen LogP contribution in [0.3, 0.4) is 0 Å². The first-order valence-electron chi connectivity index (χ1n) is 7.08. The standard InChI is InChI=1S/C16H17ClFN3/c1-10(2)16-19-9-15(13(8-17)20-16)21-6-5-11-3-4-12(18)7-14(11)21/h3-4,7,9-10H,5-6,8H2,1-2H3. The van der Waals surface area contributed by atoms with Gasteiger partial charge < -0.3 is 4.90 Å². The average Bonchev–Trinajstić information content (AvgIpc) is 2.89. The molecule has 0 saturated carbocycles. The van der Waals surface area contributed by atoms with Crippen molar-refractivity contribution < 1.29 is 4.39 Å². The normalized spacial score (nSPS) is 13.9. The van der Waals surface area contributed by atoms with Gasteiger partial charge in [-0.2, -0.15) is 0 Å². The van der Waals surface area contributed by atoms with Crippen LogP contribution in [0.1, 0.15) is 36.8 Å². The van der Waals surface area contributed by atoms with E-state index in [1.165, 1.54) is 6.07 Å². The van der Waals surface area contributed by atoms with E-state index in [0.717, 1.165) is 41.4 Å². The van der Waals surface area contributed by atoms with Gasteiger partial charge in [0, 0.05) is 18.2 Å². The fourth-order valence-electron chi connectivity index (χ4n) is 2.63. The van der Waals surface area contributed by atoms with E-state index < -0.39 is 0 Å². The van der Waals surface area contributed by atoms with Gasteiger partial charge in [0.05, 0.1) is 23.5 Å². The first-order valence-corrected chi connectivity index (χ1v) is 7.61. The number of halogens is 2. The number of rotatable bonds is 3. The van der Waals surface area contributed by atoms with E-state index in [-0.39, 0.29) is 11.7 Å². The Balaban J connectivity index is 2.05. The van der Waals surface area contributed by atoms with Gasteiger partial charge >= 0.3 is 0 Å². The van der Waals surface area contributed by atoms with E-state index in [4.69, 9.17) is 11.6 Å². The Morgan fingerprint density at radius 3 is 2.86 bits per heavy atom. The summed E-state index contributed by atoms with van der Waals surface area (Å²) in [5, 5.41) is 0. The molecule has 0 bridgehead atoms. The van der Waals surface area contributed by atoms with Gasteiger partial charge in [-0.3, -0.25) is 0 Å². The van der Waals surface area contributed by atoms with Crippen LogP contribution in [0.5, 0.6) is 0 Å². The summed E-state index contributed by atoms with van der Waals surface area (Å²) in [7, 11) is 0. The third kappa shape index (κ3) is 2.60. The van der Waals surface area contributed by atoms with Crippen molar-refractivity contribution in [1.82, 2.24) is 9.97 Å². The highest BCUT2D eigenvalue weighted by Gasteiger charge is 2.24. The number of hydrogen-bond acceptors (Lipinski definition) is 3. The summed E-state index contributed by atoms with van der Waals surface area (Å²) in [6, 6.07) is 4.91. The molecule has 110 valence electrons. The molecule has 2 aromatic rings. The lowest BCUT2D eigenvalue weighted by atomic mass is 10.1. The molecule has 5 heteroatoms. The molecular weight excluding hydrogens is 289 g/mol. The van der Waals surface area contributed by atoms with Crippen molar-refractivity contribution in [3.63, 3.8) is 0 Å². The molecule has 0 amide bonds. The minimum absolute atomic E-state index is 0.229. The number of hydrogen-bond donors (Lipinski definition) is 0. The van der Waals surface area contributed by atoms with Crippen molar-refractivity contribution in [3.8, 4) is 0 Å². The first kappa shape index (κ1) is 14.3. The van der Waals surface area contributed by atoms with Crippen LogP contribution in [0.4, 0.5) is 15.8 Å². The van der Waals surface area contributed by atoms with Crippen LogP contribution >= 0.6 is 11.6 Å². The second kappa shape index (κ2) is 5.60. The fourth-order valence-corrected chi connectivity index (χ4v) is 2.83. The molecule has 1 aliphatic heterocycles. The van der Waals surface area contributed by atoms with E-state index in [1.54, 1.807) is 12.3 Å². The Morgan fingerprint density at radius 2 is 2.14 bits per heavy atom. The second-order valence-electron chi connectivity index (χ2n) is 5.52. The van der Waals surface area contributed by atoms with Crippen molar-refractivity contribution in [2.24, 2.45) is 0 Å². The van der Waals surface area contributed by atoms with Crippen molar-refractivity contribution in [2.45, 2.75) is 32.1 Å². The molecule has 0 aliphatic carbocycles. The van der Waals surface area contributed by atoms with E-state index in [0.29, 0.717) is 5.88 Å². The van der Waals surface area contributed by atoms with Crippen LogP contribution in [0.25, 0.3) is 0 Å². The third-order valence-electron chi connectivity index (χ3n) is 3.74. The quantitative estimate of drug-likeness (QED) is 0.797. The number of anilines is 2. The molecule has 0 spiro atoms. The van der Waals surface area contributed by atoms with E-state index in [1.807, 2.05) is 19.9 Å². The maximum Gasteiger partial charge on any atom is 0.131 e. The molecule has 0 atom stereocenters. The molecule has 2 heterocycles. The highest BCUT2D eigenvalue weighted by atomic mass is 35.5. The first-order chi connectivity index (χ1) is 10.1. The zero-order valence-electron chi connectivity index (χ0n) is 12.1. The molecule has 3 nitrogen and oxygen atoms in total. The van der Waals surface area contributed by atoms with Gasteiger partial charge in [-0.1, -0.05) is 19.9 Å². The predicted molar refractivity (Wildman–Crippen MR) is 82.8 cm³/mol. The summed E-state index contributed by atoms with van der Waals surface area (Å²) in [6.45, 7) is 4.90. The third-order valence-corrected chi connectivity index (χ3v) is 3.99. The fraction of sp³-hybridized carbons (Fsp3) is 0.375. The smallest absolute Gasteiger partial charge is 0.131 e. The van der Waals surface area contributed by atoms with Crippen LogP contribution in [-0.2, 0) is 12.3 Å². The topological polar surface area (TPSA) is 29.0 Å². The largest absolute Gasteiger partial charge is 0.338 e. The van der Waals surface area contributed by atoms with Crippen molar-refractivity contribution in [3.05, 3.63) is 47.3 Å². The number of aromatic nitrogens is 2. The Kier molecular flexibility index (Phi) is 3.81. The van der Waals surface area contributed by atoms with Gasteiger partial charge in [0.15, 0.2) is 0 Å². The zero-order chi connectivity index (χ0) is 15.0. The van der Waals surface area contributed by atoms with Gasteiger partial charge in [0.2, 0.25) is 0 Å². The minimum atomic E-state index is -0.229. The van der Waals surface area contributed by atoms with Crippen molar-refractivity contribution in [2.75, 3.05) is 11.4 Å². The van der Waals surface area contributed by atoms with Gasteiger partial charge in [0.25, 0.3) is 0 Å². The summed E-state index contributed by atoms with van der Waals surface area (Å²) in [5.41, 5.74) is 3.71. The van der Waals surface area contributed by atoms with Crippen LogP contribution in [0.15, 0.2) is 24.4 Å². The van der Waals surface area contributed by atoms with E-state index in [9.17, 15) is 4.39 Å². The lowest BCUT2D eigenvalue weighted by molar-refractivity contribution is 0.628. The summed E-state index contributed by atoms with van der Waals surface area (Å²) in [5.74, 6) is 1.13. The number of alkyl halides is 1. The molecule has 21 heavy (non-hydrogen) atoms. The van der Waals surface area contributed by atoms with Crippen LogP contribution < -0.4 is 4.90 Å². The van der Waals surface area contributed by atoms with Crippen molar-refractivity contribution >= 4 is 23.0 Å². The maximum absolute atomic E-state index is 13.5. The number of fused-ring (bicyclic) bond motifs is 1. The Hall–Kier alpha value is -1.68. The minimum Gasteiger partial charge on any atom is -0.338 e. The zero-order valence-corrected chi connectivity index (χ0v) is 12.9. The molecule has 3 rings (SSSR count). The van der Waals surface area contributed by atoms with Gasteiger partial charge in [-0.25, -0.2) is 14.4 Å². The lowest BCUT2D eigenvalue weighted by Crippen LogP contribution is -2.17. The molecule has 1 aliphatic rings. The van der Waals surface area contributed by atoms with Crippen LogP contribution in [0.2, 0.25) is 0 Å². The van der Waals surface area contributed by atoms with Crippen molar-refractivity contribution in [1.29, 1.82) is 0 Å². The molecule has 1 aromatic carbocycles.